The largest absolute Gasteiger partial charge is 0.399 e. The summed E-state index contributed by atoms with van der Waals surface area (Å²) in [6, 6.07) is 3.47. The predicted molar refractivity (Wildman–Crippen MR) is 67.0 cm³/mol. The fourth-order valence-electron chi connectivity index (χ4n) is 1.41. The molecule has 1 unspecified atom stereocenters. The van der Waals surface area contributed by atoms with Gasteiger partial charge in [-0.2, -0.15) is 0 Å². The van der Waals surface area contributed by atoms with Crippen LogP contribution in [0.15, 0.2) is 23.1 Å². The molecule has 0 radical (unpaired) electrons. The summed E-state index contributed by atoms with van der Waals surface area (Å²) in [7, 11) is -2.32. The van der Waals surface area contributed by atoms with Crippen molar-refractivity contribution >= 4 is 15.7 Å². The van der Waals surface area contributed by atoms with Gasteiger partial charge in [-0.15, -0.1) is 0 Å². The van der Waals surface area contributed by atoms with Crippen LogP contribution in [0.2, 0.25) is 0 Å². The molecular weight excluding hydrogens is 259 g/mol. The van der Waals surface area contributed by atoms with Crippen LogP contribution >= 0.6 is 0 Å². The van der Waals surface area contributed by atoms with Gasteiger partial charge < -0.3 is 10.5 Å². The Labute approximate surface area is 106 Å². The first-order valence-electron chi connectivity index (χ1n) is 5.40. The minimum Gasteiger partial charge on any atom is -0.399 e. The first kappa shape index (κ1) is 14.9. The summed E-state index contributed by atoms with van der Waals surface area (Å²) in [4.78, 5) is -0.402. The molecule has 0 amide bonds. The van der Waals surface area contributed by atoms with Crippen molar-refractivity contribution in [2.45, 2.75) is 11.8 Å². The van der Waals surface area contributed by atoms with Gasteiger partial charge in [0.1, 0.15) is 10.7 Å². The van der Waals surface area contributed by atoms with Crippen molar-refractivity contribution < 1.29 is 17.5 Å². The summed E-state index contributed by atoms with van der Waals surface area (Å²) >= 11 is 0. The highest BCUT2D eigenvalue weighted by molar-refractivity contribution is 7.89. The molecule has 102 valence electrons. The SMILES string of the molecule is COCC(C)CNS(=O)(=O)c1ccc(N)cc1F. The first-order valence-corrected chi connectivity index (χ1v) is 6.88. The van der Waals surface area contributed by atoms with Gasteiger partial charge in [0, 0.05) is 25.9 Å². The standard InChI is InChI=1S/C11H17FN2O3S/c1-8(7-17-2)6-14-18(15,16)11-4-3-9(13)5-10(11)12/h3-5,8,14H,6-7,13H2,1-2H3. The van der Waals surface area contributed by atoms with E-state index in [9.17, 15) is 12.8 Å². The second-order valence-corrected chi connectivity index (χ2v) is 5.84. The average Bonchev–Trinajstić information content (AvgIpc) is 2.26. The van der Waals surface area contributed by atoms with Gasteiger partial charge >= 0.3 is 0 Å². The van der Waals surface area contributed by atoms with Gasteiger partial charge in [0.25, 0.3) is 0 Å². The predicted octanol–water partition coefficient (Wildman–Crippen LogP) is 0.969. The van der Waals surface area contributed by atoms with E-state index in [4.69, 9.17) is 10.5 Å². The number of hydrogen-bond donors (Lipinski definition) is 2. The van der Waals surface area contributed by atoms with Gasteiger partial charge in [-0.05, 0) is 24.1 Å². The van der Waals surface area contributed by atoms with Crippen molar-refractivity contribution in [1.82, 2.24) is 4.72 Å². The number of nitrogens with two attached hydrogens (primary N) is 1. The fourth-order valence-corrected chi connectivity index (χ4v) is 2.63. The van der Waals surface area contributed by atoms with Crippen LogP contribution in [0.3, 0.4) is 0 Å². The Hall–Kier alpha value is -1.18. The molecule has 0 saturated heterocycles. The minimum atomic E-state index is -3.86. The summed E-state index contributed by atoms with van der Waals surface area (Å²) in [6.45, 7) is 2.43. The normalized spacial score (nSPS) is 13.5. The van der Waals surface area contributed by atoms with Crippen LogP contribution in [-0.2, 0) is 14.8 Å². The lowest BCUT2D eigenvalue weighted by Crippen LogP contribution is -2.30. The molecule has 0 fully saturated rings. The van der Waals surface area contributed by atoms with Crippen LogP contribution in [0, 0.1) is 11.7 Å². The van der Waals surface area contributed by atoms with E-state index in [2.05, 4.69) is 4.72 Å². The zero-order chi connectivity index (χ0) is 13.8. The molecule has 1 aromatic rings. The maximum atomic E-state index is 13.5. The van der Waals surface area contributed by atoms with Crippen molar-refractivity contribution in [2.75, 3.05) is 26.0 Å². The molecule has 3 N–H and O–H groups in total. The monoisotopic (exact) mass is 276 g/mol. The number of rotatable bonds is 6. The first-order chi connectivity index (χ1) is 8.36. The third-order valence-corrected chi connectivity index (χ3v) is 3.78. The Kier molecular flexibility index (Phi) is 5.06. The molecular formula is C11H17FN2O3S. The second kappa shape index (κ2) is 6.12. The van der Waals surface area contributed by atoms with E-state index in [-0.39, 0.29) is 18.2 Å². The number of sulfonamides is 1. The highest BCUT2D eigenvalue weighted by Crippen LogP contribution is 2.17. The lowest BCUT2D eigenvalue weighted by molar-refractivity contribution is 0.161. The molecule has 0 aliphatic carbocycles. The molecule has 7 heteroatoms. The maximum Gasteiger partial charge on any atom is 0.243 e. The smallest absolute Gasteiger partial charge is 0.243 e. The van der Waals surface area contributed by atoms with Crippen LogP contribution in [0.5, 0.6) is 0 Å². The van der Waals surface area contributed by atoms with Gasteiger partial charge in [-0.25, -0.2) is 17.5 Å². The van der Waals surface area contributed by atoms with Crippen LogP contribution in [-0.4, -0.2) is 28.7 Å². The van der Waals surface area contributed by atoms with Gasteiger partial charge in [0.15, 0.2) is 0 Å². The van der Waals surface area contributed by atoms with Crippen molar-refractivity contribution in [3.05, 3.63) is 24.0 Å². The molecule has 0 aromatic heterocycles. The molecule has 0 saturated carbocycles. The van der Waals surface area contributed by atoms with E-state index in [1.165, 1.54) is 13.2 Å². The van der Waals surface area contributed by atoms with Gasteiger partial charge in [-0.1, -0.05) is 6.92 Å². The average molecular weight is 276 g/mol. The highest BCUT2D eigenvalue weighted by atomic mass is 32.2. The quantitative estimate of drug-likeness (QED) is 0.759. The van der Waals surface area contributed by atoms with Crippen LogP contribution in [0.25, 0.3) is 0 Å². The Morgan fingerprint density at radius 2 is 2.17 bits per heavy atom. The van der Waals surface area contributed by atoms with Crippen LogP contribution in [0.4, 0.5) is 10.1 Å². The molecule has 18 heavy (non-hydrogen) atoms. The molecule has 1 aromatic carbocycles. The van der Waals surface area contributed by atoms with E-state index in [1.54, 1.807) is 0 Å². The summed E-state index contributed by atoms with van der Waals surface area (Å²) in [5.41, 5.74) is 5.54. The Morgan fingerprint density at radius 3 is 2.72 bits per heavy atom. The van der Waals surface area contributed by atoms with E-state index < -0.39 is 20.7 Å². The molecule has 0 aliphatic rings. The lowest BCUT2D eigenvalue weighted by Gasteiger charge is -2.12. The van der Waals surface area contributed by atoms with Crippen molar-refractivity contribution in [3.63, 3.8) is 0 Å². The van der Waals surface area contributed by atoms with Crippen LogP contribution < -0.4 is 10.5 Å². The van der Waals surface area contributed by atoms with Crippen molar-refractivity contribution in [1.29, 1.82) is 0 Å². The van der Waals surface area contributed by atoms with E-state index >= 15 is 0 Å². The topological polar surface area (TPSA) is 81.4 Å². The number of benzene rings is 1. The third-order valence-electron chi connectivity index (χ3n) is 2.32. The lowest BCUT2D eigenvalue weighted by atomic mass is 10.2. The number of hydrogen-bond acceptors (Lipinski definition) is 4. The summed E-state index contributed by atoms with van der Waals surface area (Å²) < 4.78 is 44.4. The third kappa shape index (κ3) is 3.94. The number of ether oxygens (including phenoxy) is 1. The van der Waals surface area contributed by atoms with Crippen LogP contribution in [0.1, 0.15) is 6.92 Å². The number of methoxy groups -OCH3 is 1. The zero-order valence-electron chi connectivity index (χ0n) is 10.3. The molecule has 0 heterocycles. The summed E-state index contributed by atoms with van der Waals surface area (Å²) in [6.07, 6.45) is 0. The Bertz CT molecular complexity index is 505. The number of halogens is 1. The second-order valence-electron chi connectivity index (χ2n) is 4.10. The van der Waals surface area contributed by atoms with E-state index in [1.807, 2.05) is 6.92 Å². The maximum absolute atomic E-state index is 13.5. The molecule has 0 spiro atoms. The Morgan fingerprint density at radius 1 is 1.50 bits per heavy atom. The number of nitrogen functional groups attached to an aromatic ring is 1. The Balaban J connectivity index is 2.80. The molecule has 1 atom stereocenters. The summed E-state index contributed by atoms with van der Waals surface area (Å²) in [5.74, 6) is -0.858. The zero-order valence-corrected chi connectivity index (χ0v) is 11.1. The molecule has 0 aliphatic heterocycles. The number of nitrogens with one attached hydrogen (secondary N) is 1. The fraction of sp³-hybridized carbons (Fsp3) is 0.455. The highest BCUT2D eigenvalue weighted by Gasteiger charge is 2.19. The van der Waals surface area contributed by atoms with E-state index in [0.717, 1.165) is 12.1 Å². The van der Waals surface area contributed by atoms with Gasteiger partial charge in [0.05, 0.1) is 0 Å². The van der Waals surface area contributed by atoms with Gasteiger partial charge in [-0.3, -0.25) is 0 Å². The minimum absolute atomic E-state index is 0.00150. The summed E-state index contributed by atoms with van der Waals surface area (Å²) in [5, 5.41) is 0. The van der Waals surface area contributed by atoms with Gasteiger partial charge in [0.2, 0.25) is 10.0 Å². The molecule has 1 rings (SSSR count). The van der Waals surface area contributed by atoms with Crippen molar-refractivity contribution in [3.8, 4) is 0 Å². The van der Waals surface area contributed by atoms with Crippen molar-refractivity contribution in [2.24, 2.45) is 5.92 Å². The molecule has 0 bridgehead atoms. The molecule has 5 nitrogen and oxygen atoms in total. The van der Waals surface area contributed by atoms with E-state index in [0.29, 0.717) is 6.61 Å². The number of anilines is 1.